The van der Waals surface area contributed by atoms with E-state index in [1.165, 1.54) is 0 Å². The highest BCUT2D eigenvalue weighted by molar-refractivity contribution is 7.15. The number of hydrogen-bond acceptors (Lipinski definition) is 3. The maximum Gasteiger partial charge on any atom is 0.434 e. The molecule has 0 bridgehead atoms. The molecular formula is C11H7F5N2S. The van der Waals surface area contributed by atoms with Gasteiger partial charge in [-0.15, -0.1) is 11.3 Å². The Kier molecular flexibility index (Phi) is 3.55. The average molecular weight is 294 g/mol. The number of benzene rings is 1. The highest BCUT2D eigenvalue weighted by Crippen LogP contribution is 2.37. The van der Waals surface area contributed by atoms with Crippen LogP contribution in [0.1, 0.15) is 10.6 Å². The lowest BCUT2D eigenvalue weighted by atomic mass is 10.2. The van der Waals surface area contributed by atoms with Gasteiger partial charge in [0.25, 0.3) is 0 Å². The quantitative estimate of drug-likeness (QED) is 0.860. The van der Waals surface area contributed by atoms with E-state index in [4.69, 9.17) is 5.73 Å². The van der Waals surface area contributed by atoms with Gasteiger partial charge in [0.15, 0.2) is 5.69 Å². The smallest absolute Gasteiger partial charge is 0.326 e. The van der Waals surface area contributed by atoms with Crippen molar-refractivity contribution >= 4 is 11.3 Å². The summed E-state index contributed by atoms with van der Waals surface area (Å²) < 4.78 is 64.0. The number of thiazole rings is 1. The van der Waals surface area contributed by atoms with Crippen molar-refractivity contribution in [3.63, 3.8) is 0 Å². The number of rotatable bonds is 2. The third-order valence-corrected chi connectivity index (χ3v) is 3.39. The van der Waals surface area contributed by atoms with Gasteiger partial charge in [-0.2, -0.15) is 13.2 Å². The first-order chi connectivity index (χ1) is 8.81. The molecule has 0 aliphatic heterocycles. The molecule has 0 fully saturated rings. The second-order valence-corrected chi connectivity index (χ2v) is 4.73. The van der Waals surface area contributed by atoms with Crippen molar-refractivity contribution in [3.05, 3.63) is 40.4 Å². The van der Waals surface area contributed by atoms with E-state index < -0.39 is 23.5 Å². The second-order valence-electron chi connectivity index (χ2n) is 3.65. The Morgan fingerprint density at radius 1 is 1.11 bits per heavy atom. The fourth-order valence-corrected chi connectivity index (χ4v) is 2.46. The van der Waals surface area contributed by atoms with E-state index in [-0.39, 0.29) is 22.0 Å². The Morgan fingerprint density at radius 2 is 1.68 bits per heavy atom. The molecule has 0 saturated carbocycles. The van der Waals surface area contributed by atoms with Crippen molar-refractivity contribution in [2.24, 2.45) is 5.73 Å². The number of alkyl halides is 3. The number of halogens is 5. The summed E-state index contributed by atoms with van der Waals surface area (Å²) in [6, 6.07) is 2.47. The Morgan fingerprint density at radius 3 is 2.11 bits per heavy atom. The van der Waals surface area contributed by atoms with Crippen molar-refractivity contribution < 1.29 is 22.0 Å². The lowest BCUT2D eigenvalue weighted by Gasteiger charge is -2.03. The molecule has 2 N–H and O–H groups in total. The predicted molar refractivity (Wildman–Crippen MR) is 60.4 cm³/mol. The van der Waals surface area contributed by atoms with E-state index in [9.17, 15) is 22.0 Å². The standard InChI is InChI=1S/C11H7F5N2S/c12-6-1-5(2-7(13)3-6)10-18-9(11(14,15)16)8(4-17)19-10/h1-3H,4,17H2. The molecule has 2 nitrogen and oxygen atoms in total. The van der Waals surface area contributed by atoms with Gasteiger partial charge in [-0.3, -0.25) is 0 Å². The maximum absolute atomic E-state index is 13.0. The minimum Gasteiger partial charge on any atom is -0.326 e. The van der Waals surface area contributed by atoms with Crippen LogP contribution >= 0.6 is 11.3 Å². The minimum absolute atomic E-state index is 0.0484. The Balaban J connectivity index is 2.55. The first kappa shape index (κ1) is 13.9. The lowest BCUT2D eigenvalue weighted by Crippen LogP contribution is -2.10. The van der Waals surface area contributed by atoms with E-state index in [1.807, 2.05) is 0 Å². The van der Waals surface area contributed by atoms with Crippen LogP contribution in [0.2, 0.25) is 0 Å². The monoisotopic (exact) mass is 294 g/mol. The van der Waals surface area contributed by atoms with Gasteiger partial charge < -0.3 is 5.73 Å². The normalized spacial score (nSPS) is 11.9. The zero-order valence-electron chi connectivity index (χ0n) is 9.26. The van der Waals surface area contributed by atoms with Crippen LogP contribution in [0.4, 0.5) is 22.0 Å². The second kappa shape index (κ2) is 4.86. The molecule has 0 radical (unpaired) electrons. The topological polar surface area (TPSA) is 38.9 Å². The van der Waals surface area contributed by atoms with Crippen LogP contribution in [0.5, 0.6) is 0 Å². The molecule has 0 amide bonds. The number of hydrogen-bond donors (Lipinski definition) is 1. The van der Waals surface area contributed by atoms with Crippen LogP contribution < -0.4 is 5.73 Å². The van der Waals surface area contributed by atoms with Crippen molar-refractivity contribution in [1.29, 1.82) is 0 Å². The molecular weight excluding hydrogens is 287 g/mol. The van der Waals surface area contributed by atoms with Crippen molar-refractivity contribution in [2.45, 2.75) is 12.7 Å². The van der Waals surface area contributed by atoms with Crippen LogP contribution in [-0.4, -0.2) is 4.98 Å². The molecule has 0 atom stereocenters. The molecule has 1 aromatic heterocycles. The summed E-state index contributed by atoms with van der Waals surface area (Å²) in [5.74, 6) is -1.76. The number of nitrogens with zero attached hydrogens (tertiary/aromatic N) is 1. The third-order valence-electron chi connectivity index (χ3n) is 2.26. The Hall–Kier alpha value is -1.54. The summed E-state index contributed by atoms with van der Waals surface area (Å²) in [5, 5.41) is -0.119. The van der Waals surface area contributed by atoms with Gasteiger partial charge in [0.1, 0.15) is 16.6 Å². The summed E-state index contributed by atoms with van der Waals surface area (Å²) in [7, 11) is 0. The molecule has 2 aromatic rings. The van der Waals surface area contributed by atoms with E-state index in [2.05, 4.69) is 4.98 Å². The van der Waals surface area contributed by atoms with Crippen LogP contribution in [0.25, 0.3) is 10.6 Å². The van der Waals surface area contributed by atoms with Gasteiger partial charge >= 0.3 is 6.18 Å². The molecule has 0 unspecified atom stereocenters. The largest absolute Gasteiger partial charge is 0.434 e. The van der Waals surface area contributed by atoms with Gasteiger partial charge in [-0.1, -0.05) is 0 Å². The fourth-order valence-electron chi connectivity index (χ4n) is 1.51. The predicted octanol–water partition coefficient (Wildman–Crippen LogP) is 3.57. The summed E-state index contributed by atoms with van der Waals surface area (Å²) in [4.78, 5) is 3.21. The molecule has 8 heteroatoms. The molecule has 0 aliphatic rings. The van der Waals surface area contributed by atoms with Gasteiger partial charge in [0, 0.05) is 18.2 Å². The zero-order valence-corrected chi connectivity index (χ0v) is 10.1. The van der Waals surface area contributed by atoms with Crippen LogP contribution in [0.3, 0.4) is 0 Å². The zero-order chi connectivity index (χ0) is 14.2. The fraction of sp³-hybridized carbons (Fsp3) is 0.182. The Bertz CT molecular complexity index is 585. The van der Waals surface area contributed by atoms with Crippen LogP contribution in [0.15, 0.2) is 18.2 Å². The van der Waals surface area contributed by atoms with Gasteiger partial charge in [0.2, 0.25) is 0 Å². The first-order valence-corrected chi connectivity index (χ1v) is 5.86. The molecule has 1 heterocycles. The average Bonchev–Trinajstić information content (AvgIpc) is 2.71. The molecule has 1 aromatic carbocycles. The van der Waals surface area contributed by atoms with Gasteiger partial charge in [-0.05, 0) is 12.1 Å². The molecule has 0 saturated heterocycles. The van der Waals surface area contributed by atoms with Crippen molar-refractivity contribution in [1.82, 2.24) is 4.98 Å². The van der Waals surface area contributed by atoms with Gasteiger partial charge in [-0.25, -0.2) is 13.8 Å². The van der Waals surface area contributed by atoms with E-state index in [0.717, 1.165) is 12.1 Å². The molecule has 102 valence electrons. The van der Waals surface area contributed by atoms with E-state index in [1.54, 1.807) is 0 Å². The summed E-state index contributed by atoms with van der Waals surface area (Å²) in [6.07, 6.45) is -4.64. The SMILES string of the molecule is NCc1sc(-c2cc(F)cc(F)c2)nc1C(F)(F)F. The summed E-state index contributed by atoms with van der Waals surface area (Å²) >= 11 is 0.667. The highest BCUT2D eigenvalue weighted by Gasteiger charge is 2.37. The van der Waals surface area contributed by atoms with E-state index in [0.29, 0.717) is 17.4 Å². The minimum atomic E-state index is -4.64. The highest BCUT2D eigenvalue weighted by atomic mass is 32.1. The summed E-state index contributed by atoms with van der Waals surface area (Å²) in [5.41, 5.74) is 4.06. The Labute approximate surface area is 108 Å². The first-order valence-electron chi connectivity index (χ1n) is 5.04. The van der Waals surface area contributed by atoms with E-state index >= 15 is 0 Å². The summed E-state index contributed by atoms with van der Waals surface area (Å²) in [6.45, 7) is -0.343. The number of aromatic nitrogens is 1. The molecule has 19 heavy (non-hydrogen) atoms. The third kappa shape index (κ3) is 2.90. The molecule has 2 rings (SSSR count). The lowest BCUT2D eigenvalue weighted by molar-refractivity contribution is -0.141. The van der Waals surface area contributed by atoms with Gasteiger partial charge in [0.05, 0.1) is 4.88 Å². The van der Waals surface area contributed by atoms with Crippen molar-refractivity contribution in [2.75, 3.05) is 0 Å². The van der Waals surface area contributed by atoms with Crippen LogP contribution in [0, 0.1) is 11.6 Å². The number of nitrogens with two attached hydrogens (primary N) is 1. The molecule has 0 spiro atoms. The van der Waals surface area contributed by atoms with Crippen LogP contribution in [-0.2, 0) is 12.7 Å². The molecule has 0 aliphatic carbocycles. The maximum atomic E-state index is 13.0. The van der Waals surface area contributed by atoms with Crippen molar-refractivity contribution in [3.8, 4) is 10.6 Å².